The van der Waals surface area contributed by atoms with Gasteiger partial charge in [-0.15, -0.1) is 0 Å². The van der Waals surface area contributed by atoms with Gasteiger partial charge in [0, 0.05) is 0 Å². The molecule has 9 nitrogen and oxygen atoms in total. The molecule has 0 saturated carbocycles. The second-order valence-electron chi connectivity index (χ2n) is 3.72. The van der Waals surface area contributed by atoms with Crippen LogP contribution >= 0.6 is 0 Å². The Balaban J connectivity index is -0.000000285. The highest BCUT2D eigenvalue weighted by Gasteiger charge is 1.99. The average molecular weight is 354 g/mol. The first kappa shape index (κ1) is 26.7. The van der Waals surface area contributed by atoms with E-state index in [2.05, 4.69) is 28.4 Å². The predicted octanol–water partition coefficient (Wildman–Crippen LogP) is 3.54. The van der Waals surface area contributed by atoms with Gasteiger partial charge in [0.2, 0.25) is 0 Å². The first-order chi connectivity index (χ1) is 11.4. The Kier molecular flexibility index (Phi) is 25.7. The molecule has 0 aromatic heterocycles. The van der Waals surface area contributed by atoms with Crippen molar-refractivity contribution in [2.24, 2.45) is 0 Å². The van der Waals surface area contributed by atoms with Gasteiger partial charge in [0.05, 0.1) is 40.6 Å². The molecule has 0 atom stereocenters. The zero-order valence-corrected chi connectivity index (χ0v) is 15.4. The summed E-state index contributed by atoms with van der Waals surface area (Å²) in [7, 11) is 2.51. The van der Waals surface area contributed by atoms with Crippen LogP contribution in [0.4, 0.5) is 14.4 Å². The Morgan fingerprint density at radius 1 is 0.583 bits per heavy atom. The largest absolute Gasteiger partial charge is 0.508 e. The molecule has 0 aliphatic rings. The van der Waals surface area contributed by atoms with Crippen molar-refractivity contribution in [1.82, 2.24) is 0 Å². The van der Waals surface area contributed by atoms with Crippen molar-refractivity contribution in [2.45, 2.75) is 40.5 Å². The third-order valence-electron chi connectivity index (χ3n) is 1.71. The molecule has 0 aromatic carbocycles. The summed E-state index contributed by atoms with van der Waals surface area (Å²) in [6.07, 6.45) is -0.128. The van der Waals surface area contributed by atoms with Gasteiger partial charge in [0.25, 0.3) is 0 Å². The smallest absolute Gasteiger partial charge is 0.438 e. The molecule has 0 saturated heterocycles. The number of hydrogen-bond donors (Lipinski definition) is 0. The minimum Gasteiger partial charge on any atom is -0.438 e. The van der Waals surface area contributed by atoms with Crippen LogP contribution in [0, 0.1) is 0 Å². The Labute approximate surface area is 143 Å². The van der Waals surface area contributed by atoms with Gasteiger partial charge < -0.3 is 28.4 Å². The van der Waals surface area contributed by atoms with E-state index in [0.717, 1.165) is 12.8 Å². The van der Waals surface area contributed by atoms with Crippen molar-refractivity contribution in [3.05, 3.63) is 0 Å². The maximum atomic E-state index is 10.5. The Hall–Kier alpha value is -2.19. The summed E-state index contributed by atoms with van der Waals surface area (Å²) in [5.74, 6) is 0. The fourth-order valence-corrected chi connectivity index (χ4v) is 0.773. The summed E-state index contributed by atoms with van der Waals surface area (Å²) in [5.41, 5.74) is 0. The second kappa shape index (κ2) is 23.1. The molecular formula is C15H30O9. The molecule has 0 heterocycles. The lowest BCUT2D eigenvalue weighted by Gasteiger charge is -2.02. The molecule has 0 bridgehead atoms. The molecule has 0 aliphatic carbocycles. The number of ether oxygens (including phenoxy) is 6. The van der Waals surface area contributed by atoms with E-state index in [1.807, 2.05) is 13.8 Å². The van der Waals surface area contributed by atoms with Gasteiger partial charge in [-0.1, -0.05) is 13.8 Å². The SMILES string of the molecule is CCCOC(=O)OCCC.CCOC(=O)OCC.COC(=O)OC. The summed E-state index contributed by atoms with van der Waals surface area (Å²) >= 11 is 0. The van der Waals surface area contributed by atoms with E-state index < -0.39 is 18.5 Å². The summed E-state index contributed by atoms with van der Waals surface area (Å²) < 4.78 is 26.2. The first-order valence-electron chi connectivity index (χ1n) is 7.64. The second-order valence-corrected chi connectivity index (χ2v) is 3.72. The van der Waals surface area contributed by atoms with Gasteiger partial charge in [0.15, 0.2) is 0 Å². The van der Waals surface area contributed by atoms with Crippen LogP contribution in [-0.4, -0.2) is 59.1 Å². The van der Waals surface area contributed by atoms with Crippen LogP contribution in [0.2, 0.25) is 0 Å². The lowest BCUT2D eigenvalue weighted by atomic mass is 10.5. The quantitative estimate of drug-likeness (QED) is 0.523. The minimum atomic E-state index is -0.657. The highest BCUT2D eigenvalue weighted by atomic mass is 16.7. The fraction of sp³-hybridized carbons (Fsp3) is 0.800. The molecule has 24 heavy (non-hydrogen) atoms. The maximum Gasteiger partial charge on any atom is 0.508 e. The van der Waals surface area contributed by atoms with Crippen molar-refractivity contribution >= 4 is 18.5 Å². The molecule has 9 heteroatoms. The van der Waals surface area contributed by atoms with Gasteiger partial charge in [-0.3, -0.25) is 0 Å². The lowest BCUT2D eigenvalue weighted by molar-refractivity contribution is 0.0553. The third kappa shape index (κ3) is 28.0. The minimum absolute atomic E-state index is 0.374. The lowest BCUT2D eigenvalue weighted by Crippen LogP contribution is -2.08. The van der Waals surface area contributed by atoms with E-state index in [4.69, 9.17) is 0 Å². The molecule has 0 unspecified atom stereocenters. The Morgan fingerprint density at radius 3 is 1.12 bits per heavy atom. The van der Waals surface area contributed by atoms with E-state index >= 15 is 0 Å². The average Bonchev–Trinajstić information content (AvgIpc) is 2.59. The van der Waals surface area contributed by atoms with Gasteiger partial charge in [-0.25, -0.2) is 14.4 Å². The zero-order chi connectivity index (χ0) is 19.2. The molecule has 0 aliphatic heterocycles. The summed E-state index contributed by atoms with van der Waals surface area (Å²) in [4.78, 5) is 30.5. The molecule has 0 amide bonds. The summed E-state index contributed by atoms with van der Waals surface area (Å²) in [6.45, 7) is 8.98. The van der Waals surface area contributed by atoms with Crippen molar-refractivity contribution in [1.29, 1.82) is 0 Å². The molecule has 144 valence electrons. The van der Waals surface area contributed by atoms with Crippen LogP contribution < -0.4 is 0 Å². The summed E-state index contributed by atoms with van der Waals surface area (Å²) in [6, 6.07) is 0. The van der Waals surface area contributed by atoms with E-state index in [-0.39, 0.29) is 0 Å². The highest BCUT2D eigenvalue weighted by Crippen LogP contribution is 1.88. The molecule has 0 radical (unpaired) electrons. The van der Waals surface area contributed by atoms with Gasteiger partial charge in [-0.2, -0.15) is 0 Å². The fourth-order valence-electron chi connectivity index (χ4n) is 0.773. The number of carbonyl (C=O) groups is 3. The van der Waals surface area contributed by atoms with Crippen LogP contribution in [0.1, 0.15) is 40.5 Å². The van der Waals surface area contributed by atoms with Crippen LogP contribution in [-0.2, 0) is 28.4 Å². The molecule has 0 N–H and O–H groups in total. The van der Waals surface area contributed by atoms with E-state index in [1.54, 1.807) is 13.8 Å². The summed E-state index contributed by atoms with van der Waals surface area (Å²) in [5, 5.41) is 0. The van der Waals surface area contributed by atoms with Crippen molar-refractivity contribution in [2.75, 3.05) is 40.6 Å². The van der Waals surface area contributed by atoms with Gasteiger partial charge in [-0.05, 0) is 26.7 Å². The van der Waals surface area contributed by atoms with Gasteiger partial charge >= 0.3 is 18.5 Å². The highest BCUT2D eigenvalue weighted by molar-refractivity contribution is 5.60. The maximum absolute atomic E-state index is 10.5. The number of carbonyl (C=O) groups excluding carboxylic acids is 3. The normalized spacial score (nSPS) is 8.25. The first-order valence-corrected chi connectivity index (χ1v) is 7.64. The number of rotatable bonds is 6. The molecule has 0 rings (SSSR count). The van der Waals surface area contributed by atoms with E-state index in [0.29, 0.717) is 26.4 Å². The molecule has 0 aromatic rings. The van der Waals surface area contributed by atoms with Crippen LogP contribution in [0.5, 0.6) is 0 Å². The van der Waals surface area contributed by atoms with Gasteiger partial charge in [0.1, 0.15) is 0 Å². The third-order valence-corrected chi connectivity index (χ3v) is 1.71. The van der Waals surface area contributed by atoms with Crippen LogP contribution in [0.3, 0.4) is 0 Å². The van der Waals surface area contributed by atoms with Crippen molar-refractivity contribution < 1.29 is 42.8 Å². The number of methoxy groups -OCH3 is 2. The van der Waals surface area contributed by atoms with Crippen LogP contribution in [0.25, 0.3) is 0 Å². The monoisotopic (exact) mass is 354 g/mol. The Morgan fingerprint density at radius 2 is 0.917 bits per heavy atom. The van der Waals surface area contributed by atoms with Crippen molar-refractivity contribution in [3.63, 3.8) is 0 Å². The van der Waals surface area contributed by atoms with E-state index in [9.17, 15) is 14.4 Å². The van der Waals surface area contributed by atoms with Crippen LogP contribution in [0.15, 0.2) is 0 Å². The molecule has 0 fully saturated rings. The molecule has 0 spiro atoms. The standard InChI is InChI=1S/C7H14O3.C5H10O3.C3H6O3/c1-3-5-9-7(8)10-6-4-2;1-3-7-5(6)8-4-2;1-5-3(4)6-2/h3-6H2,1-2H3;3-4H2,1-2H3;1-2H3. The van der Waals surface area contributed by atoms with Crippen molar-refractivity contribution in [3.8, 4) is 0 Å². The predicted molar refractivity (Wildman–Crippen MR) is 85.9 cm³/mol. The number of hydrogen-bond acceptors (Lipinski definition) is 9. The zero-order valence-electron chi connectivity index (χ0n) is 15.4. The van der Waals surface area contributed by atoms with E-state index in [1.165, 1.54) is 14.2 Å². The Bertz CT molecular complexity index is 281. The molecular weight excluding hydrogens is 324 g/mol. The topological polar surface area (TPSA) is 107 Å².